The summed E-state index contributed by atoms with van der Waals surface area (Å²) in [5.74, 6) is -3.94. The summed E-state index contributed by atoms with van der Waals surface area (Å²) >= 11 is 0. The molecule has 0 fully saturated rings. The van der Waals surface area contributed by atoms with Crippen LogP contribution in [0.25, 0.3) is 0 Å². The fourth-order valence-corrected chi connectivity index (χ4v) is 1.65. The number of carboxylic acid groups (broad SMARTS) is 2. The molecular formula is C18H32CaN2O10P. The van der Waals surface area contributed by atoms with Crippen LogP contribution in [0.4, 0.5) is 0 Å². The smallest absolute Gasteiger partial charge is 0.550 e. The molecule has 0 heterocycles. The predicted molar refractivity (Wildman–Crippen MR) is 112 cm³/mol. The van der Waals surface area contributed by atoms with Gasteiger partial charge in [-0.1, -0.05) is 27.7 Å². The number of carbonyl (C=O) groups is 4. The molecule has 3 radical (unpaired) electrons. The van der Waals surface area contributed by atoms with E-state index in [-0.39, 0.29) is 86.8 Å². The van der Waals surface area contributed by atoms with Crippen molar-refractivity contribution in [1.29, 1.82) is 0 Å². The Labute approximate surface area is 220 Å². The van der Waals surface area contributed by atoms with Gasteiger partial charge in [0, 0.05) is 58.6 Å². The first-order chi connectivity index (χ1) is 13.6. The average Bonchev–Trinajstić information content (AvgIpc) is 2.66. The Morgan fingerprint density at radius 1 is 0.750 bits per heavy atom. The molecule has 0 spiro atoms. The van der Waals surface area contributed by atoms with Crippen molar-refractivity contribution < 1.29 is 49.8 Å². The molecule has 181 valence electrons. The van der Waals surface area contributed by atoms with Crippen LogP contribution in [0.2, 0.25) is 0 Å². The zero-order valence-electron chi connectivity index (χ0n) is 18.8. The maximum Gasteiger partial charge on any atom is 2.00 e. The molecule has 2 amide bonds. The van der Waals surface area contributed by atoms with Gasteiger partial charge in [0.1, 0.15) is 12.2 Å². The van der Waals surface area contributed by atoms with Crippen molar-refractivity contribution in [3.05, 3.63) is 0 Å². The zero-order valence-corrected chi connectivity index (χ0v) is 21.9. The van der Waals surface area contributed by atoms with Gasteiger partial charge in [0.15, 0.2) is 0 Å². The molecule has 0 saturated heterocycles. The largest absolute Gasteiger partial charge is 2.00 e. The number of amides is 2. The number of nitrogens with one attached hydrogen (secondary N) is 2. The van der Waals surface area contributed by atoms with Crippen LogP contribution in [-0.2, 0) is 19.2 Å². The molecule has 6 N–H and O–H groups in total. The van der Waals surface area contributed by atoms with Crippen molar-refractivity contribution in [2.75, 3.05) is 26.3 Å². The van der Waals surface area contributed by atoms with Gasteiger partial charge in [0.05, 0.1) is 13.2 Å². The van der Waals surface area contributed by atoms with Gasteiger partial charge in [0.2, 0.25) is 11.8 Å². The van der Waals surface area contributed by atoms with Crippen molar-refractivity contribution in [3.63, 3.8) is 0 Å². The van der Waals surface area contributed by atoms with Crippen molar-refractivity contribution in [3.8, 4) is 0 Å². The molecule has 0 saturated carbocycles. The number of aliphatic hydroxyl groups excluding tert-OH is 4. The minimum atomic E-state index is -1.37. The molecule has 0 aliphatic rings. The average molecular weight is 508 g/mol. The summed E-state index contributed by atoms with van der Waals surface area (Å²) in [7, 11) is 0. The van der Waals surface area contributed by atoms with Crippen molar-refractivity contribution >= 4 is 71.4 Å². The summed E-state index contributed by atoms with van der Waals surface area (Å²) in [6.07, 6.45) is -3.36. The third-order valence-corrected chi connectivity index (χ3v) is 4.05. The number of carbonyl (C=O) groups excluding carboxylic acids is 4. The van der Waals surface area contributed by atoms with Gasteiger partial charge in [-0.25, -0.2) is 0 Å². The minimum Gasteiger partial charge on any atom is -0.550 e. The fourth-order valence-electron chi connectivity index (χ4n) is 1.65. The molecular weight excluding hydrogens is 475 g/mol. The van der Waals surface area contributed by atoms with E-state index >= 15 is 0 Å². The van der Waals surface area contributed by atoms with E-state index in [9.17, 15) is 39.6 Å². The molecule has 0 rings (SSSR count). The van der Waals surface area contributed by atoms with Gasteiger partial charge in [-0.3, -0.25) is 9.59 Å². The Balaban J connectivity index is -0.000000231. The van der Waals surface area contributed by atoms with Crippen molar-refractivity contribution in [1.82, 2.24) is 10.6 Å². The van der Waals surface area contributed by atoms with Gasteiger partial charge in [0.25, 0.3) is 0 Å². The summed E-state index contributed by atoms with van der Waals surface area (Å²) in [6, 6.07) is 0. The van der Waals surface area contributed by atoms with E-state index in [1.165, 1.54) is 27.7 Å². The number of hydrogen-bond donors (Lipinski definition) is 6. The van der Waals surface area contributed by atoms with E-state index in [1.54, 1.807) is 0 Å². The number of hydrogen-bond acceptors (Lipinski definition) is 10. The summed E-state index contributed by atoms with van der Waals surface area (Å²) < 4.78 is 0. The number of aliphatic carboxylic acids is 2. The molecule has 2 unspecified atom stereocenters. The second-order valence-corrected chi connectivity index (χ2v) is 7.92. The summed E-state index contributed by atoms with van der Waals surface area (Å²) in [6.45, 7) is 5.21. The van der Waals surface area contributed by atoms with Gasteiger partial charge in [-0.05, 0) is 0 Å². The Hall–Kier alpha value is -0.590. The second kappa shape index (κ2) is 18.8. The van der Waals surface area contributed by atoms with Gasteiger partial charge in [-0.2, -0.15) is 0 Å². The normalized spacial score (nSPS) is 12.5. The molecule has 0 aliphatic carbocycles. The van der Waals surface area contributed by atoms with E-state index in [2.05, 4.69) is 10.6 Å². The Morgan fingerprint density at radius 3 is 1.19 bits per heavy atom. The van der Waals surface area contributed by atoms with E-state index in [4.69, 9.17) is 10.2 Å². The quantitative estimate of drug-likeness (QED) is 0.110. The molecule has 2 atom stereocenters. The molecule has 12 nitrogen and oxygen atoms in total. The first-order valence-electron chi connectivity index (χ1n) is 9.15. The van der Waals surface area contributed by atoms with Crippen LogP contribution in [0.1, 0.15) is 40.5 Å². The van der Waals surface area contributed by atoms with E-state index < -0.39 is 46.8 Å². The molecule has 0 aliphatic heterocycles. The monoisotopic (exact) mass is 507 g/mol. The molecule has 32 heavy (non-hydrogen) atoms. The Kier molecular flexibility index (Phi) is 22.7. The van der Waals surface area contributed by atoms with Gasteiger partial charge >= 0.3 is 37.7 Å². The van der Waals surface area contributed by atoms with E-state index in [1.807, 2.05) is 0 Å². The summed E-state index contributed by atoms with van der Waals surface area (Å²) in [4.78, 5) is 42.6. The molecule has 0 aromatic carbocycles. The number of carboxylic acids is 2. The maximum atomic E-state index is 11.2. The molecule has 0 aromatic heterocycles. The first-order valence-corrected chi connectivity index (χ1v) is 9.15. The van der Waals surface area contributed by atoms with Crippen LogP contribution in [0.5, 0.6) is 0 Å². The maximum absolute atomic E-state index is 11.2. The first kappa shape index (κ1) is 38.7. The van der Waals surface area contributed by atoms with Crippen LogP contribution in [0, 0.1) is 10.8 Å². The minimum absolute atomic E-state index is 0. The standard InChI is InChI=1S/2C9H17NO5.Ca.P/c2*1-9(2,5-11)7(14)8(15)10-4-3-6(12)13;;/h2*7,11,14H,3-5H2,1-2H3,(H,10,15)(H,12,13);;/q;;+2;/p-2. The topological polar surface area (TPSA) is 219 Å². The van der Waals surface area contributed by atoms with Crippen LogP contribution in [0.15, 0.2) is 0 Å². The van der Waals surface area contributed by atoms with Crippen LogP contribution in [-0.4, -0.2) is 120 Å². The molecule has 0 bridgehead atoms. The Morgan fingerprint density at radius 2 is 1.00 bits per heavy atom. The van der Waals surface area contributed by atoms with Crippen LogP contribution in [0.3, 0.4) is 0 Å². The Bertz CT molecular complexity index is 540. The van der Waals surface area contributed by atoms with Gasteiger partial charge < -0.3 is 50.9 Å². The van der Waals surface area contributed by atoms with Crippen molar-refractivity contribution in [2.24, 2.45) is 10.8 Å². The van der Waals surface area contributed by atoms with Gasteiger partial charge in [-0.15, -0.1) is 0 Å². The third-order valence-electron chi connectivity index (χ3n) is 4.05. The van der Waals surface area contributed by atoms with Crippen molar-refractivity contribution in [2.45, 2.75) is 52.7 Å². The van der Waals surface area contributed by atoms with E-state index in [0.717, 1.165) is 0 Å². The molecule has 0 aromatic rings. The number of rotatable bonds is 12. The van der Waals surface area contributed by atoms with Crippen LogP contribution < -0.4 is 20.8 Å². The SMILES string of the molecule is CC(C)(CO)C(O)C(=O)NCCC(=O)[O-].CC(C)(CO)C(O)C(=O)NCCC(=O)[O-].[Ca+2].[P]. The fraction of sp³-hybridized carbons (Fsp3) is 0.778. The molecule has 14 heteroatoms. The summed E-state index contributed by atoms with van der Waals surface area (Å²) in [5.41, 5.74) is -1.91. The summed E-state index contributed by atoms with van der Waals surface area (Å²) in [5, 5.41) is 61.3. The predicted octanol–water partition coefficient (Wildman–Crippen LogP) is -4.28. The van der Waals surface area contributed by atoms with Crippen LogP contribution >= 0.6 is 9.90 Å². The second-order valence-electron chi connectivity index (χ2n) is 7.92. The van der Waals surface area contributed by atoms with E-state index in [0.29, 0.717) is 0 Å². The third kappa shape index (κ3) is 17.0. The number of aliphatic hydroxyl groups is 4. The zero-order chi connectivity index (χ0) is 24.1.